The minimum Gasteiger partial charge on any atom is -0.368 e. The first-order chi connectivity index (χ1) is 11.7. The topological polar surface area (TPSA) is 64.7 Å². The molecule has 0 radical (unpaired) electrons. The van der Waals surface area contributed by atoms with Crippen LogP contribution in [0.5, 0.6) is 0 Å². The van der Waals surface area contributed by atoms with Gasteiger partial charge in [-0.1, -0.05) is 18.2 Å². The number of carbonyl (C=O) groups excluding carboxylic acids is 2. The Morgan fingerprint density at radius 3 is 2.48 bits per heavy atom. The normalized spacial score (nSPS) is 20.1. The lowest BCUT2D eigenvalue weighted by atomic mass is 10.2. The Hall–Kier alpha value is -1.79. The van der Waals surface area contributed by atoms with Gasteiger partial charge < -0.3 is 20.4 Å². The molecule has 2 fully saturated rings. The molecule has 138 valence electrons. The average Bonchev–Trinajstić information content (AvgIpc) is 3.17. The first kappa shape index (κ1) is 19.5. The number of amides is 2. The zero-order valence-electron chi connectivity index (χ0n) is 14.4. The molecule has 2 aliphatic rings. The van der Waals surface area contributed by atoms with Crippen LogP contribution in [0.2, 0.25) is 0 Å². The smallest absolute Gasteiger partial charge is 0.237 e. The largest absolute Gasteiger partial charge is 0.368 e. The van der Waals surface area contributed by atoms with Crippen LogP contribution >= 0.6 is 12.4 Å². The molecule has 2 amide bonds. The van der Waals surface area contributed by atoms with Gasteiger partial charge in [0.05, 0.1) is 6.04 Å². The van der Waals surface area contributed by atoms with Crippen LogP contribution < -0.4 is 15.5 Å². The Labute approximate surface area is 155 Å². The molecule has 3 rings (SSSR count). The summed E-state index contributed by atoms with van der Waals surface area (Å²) >= 11 is 0. The first-order valence-corrected chi connectivity index (χ1v) is 8.83. The van der Waals surface area contributed by atoms with Crippen molar-refractivity contribution in [1.82, 2.24) is 15.5 Å². The average molecular weight is 367 g/mol. The van der Waals surface area contributed by atoms with Crippen LogP contribution in [0.4, 0.5) is 5.69 Å². The van der Waals surface area contributed by atoms with Crippen molar-refractivity contribution in [2.45, 2.75) is 25.3 Å². The second-order valence-electron chi connectivity index (χ2n) is 6.39. The third kappa shape index (κ3) is 5.34. The van der Waals surface area contributed by atoms with Gasteiger partial charge in [-0.3, -0.25) is 9.59 Å². The Morgan fingerprint density at radius 2 is 1.84 bits per heavy atom. The molecule has 1 atom stereocenters. The van der Waals surface area contributed by atoms with Crippen LogP contribution in [-0.2, 0) is 9.59 Å². The quantitative estimate of drug-likeness (QED) is 0.816. The van der Waals surface area contributed by atoms with E-state index >= 15 is 0 Å². The van der Waals surface area contributed by atoms with Crippen LogP contribution in [0.1, 0.15) is 19.3 Å². The summed E-state index contributed by atoms with van der Waals surface area (Å²) in [7, 11) is 0. The van der Waals surface area contributed by atoms with E-state index in [0.717, 1.165) is 45.6 Å². The maximum atomic E-state index is 12.3. The zero-order chi connectivity index (χ0) is 16.8. The van der Waals surface area contributed by atoms with Gasteiger partial charge in [-0.2, -0.15) is 0 Å². The highest BCUT2D eigenvalue weighted by atomic mass is 35.5. The van der Waals surface area contributed by atoms with Gasteiger partial charge in [-0.05, 0) is 31.5 Å². The summed E-state index contributed by atoms with van der Waals surface area (Å²) in [6.45, 7) is 4.53. The van der Waals surface area contributed by atoms with Gasteiger partial charge in [0.25, 0.3) is 0 Å². The summed E-state index contributed by atoms with van der Waals surface area (Å²) in [5.74, 6) is 0.150. The number of benzene rings is 1. The highest BCUT2D eigenvalue weighted by Crippen LogP contribution is 2.15. The Balaban J connectivity index is 0.00000225. The van der Waals surface area contributed by atoms with E-state index in [-0.39, 0.29) is 30.3 Å². The van der Waals surface area contributed by atoms with Gasteiger partial charge in [0.2, 0.25) is 11.8 Å². The molecule has 7 heteroatoms. The van der Waals surface area contributed by atoms with E-state index in [9.17, 15) is 9.59 Å². The molecule has 0 aromatic heterocycles. The lowest BCUT2D eigenvalue weighted by Gasteiger charge is -2.36. The zero-order valence-corrected chi connectivity index (χ0v) is 15.3. The molecule has 0 saturated carbocycles. The predicted molar refractivity (Wildman–Crippen MR) is 101 cm³/mol. The van der Waals surface area contributed by atoms with Crippen LogP contribution in [0.25, 0.3) is 0 Å². The lowest BCUT2D eigenvalue weighted by molar-refractivity contribution is -0.131. The summed E-state index contributed by atoms with van der Waals surface area (Å²) in [6, 6.07) is 10.2. The minimum atomic E-state index is -0.0745. The summed E-state index contributed by atoms with van der Waals surface area (Å²) in [5, 5.41) is 6.04. The highest BCUT2D eigenvalue weighted by Gasteiger charge is 2.23. The maximum absolute atomic E-state index is 12.3. The van der Waals surface area contributed by atoms with Gasteiger partial charge >= 0.3 is 0 Å². The van der Waals surface area contributed by atoms with Crippen molar-refractivity contribution in [3.63, 3.8) is 0 Å². The summed E-state index contributed by atoms with van der Waals surface area (Å²) in [4.78, 5) is 28.4. The number of piperazine rings is 1. The van der Waals surface area contributed by atoms with Gasteiger partial charge in [0, 0.05) is 44.8 Å². The summed E-state index contributed by atoms with van der Waals surface area (Å²) < 4.78 is 0. The van der Waals surface area contributed by atoms with Crippen molar-refractivity contribution >= 4 is 29.9 Å². The molecule has 2 heterocycles. The number of carbonyl (C=O) groups is 2. The standard InChI is InChI=1S/C18H26N4O2.ClH/c23-17(8-10-20-18(24)16-7-4-9-19-16)22-13-11-21(12-14-22)15-5-2-1-3-6-15;/h1-3,5-6,16,19H,4,7-14H2,(H,20,24);1H/t16-;/m0./s1. The molecule has 1 aromatic rings. The number of hydrogen-bond acceptors (Lipinski definition) is 4. The third-order valence-electron chi connectivity index (χ3n) is 4.77. The van der Waals surface area contributed by atoms with Crippen molar-refractivity contribution in [2.24, 2.45) is 0 Å². The van der Waals surface area contributed by atoms with Crippen molar-refractivity contribution in [3.8, 4) is 0 Å². The van der Waals surface area contributed by atoms with Crippen LogP contribution in [-0.4, -0.2) is 62.0 Å². The van der Waals surface area contributed by atoms with E-state index in [1.165, 1.54) is 5.69 Å². The van der Waals surface area contributed by atoms with Crippen LogP contribution in [0.15, 0.2) is 30.3 Å². The van der Waals surface area contributed by atoms with Gasteiger partial charge in [-0.25, -0.2) is 0 Å². The van der Waals surface area contributed by atoms with Crippen molar-refractivity contribution in [2.75, 3.05) is 44.2 Å². The lowest BCUT2D eigenvalue weighted by Crippen LogP contribution is -2.49. The summed E-state index contributed by atoms with van der Waals surface area (Å²) in [6.07, 6.45) is 2.31. The van der Waals surface area contributed by atoms with Gasteiger partial charge in [0.15, 0.2) is 0 Å². The number of nitrogens with one attached hydrogen (secondary N) is 2. The Bertz CT molecular complexity index is 555. The molecule has 1 aromatic carbocycles. The van der Waals surface area contributed by atoms with Crippen molar-refractivity contribution in [3.05, 3.63) is 30.3 Å². The maximum Gasteiger partial charge on any atom is 0.237 e. The Morgan fingerprint density at radius 1 is 1.12 bits per heavy atom. The molecule has 25 heavy (non-hydrogen) atoms. The van der Waals surface area contributed by atoms with E-state index in [1.54, 1.807) is 0 Å². The number of nitrogens with zero attached hydrogens (tertiary/aromatic N) is 2. The molecule has 6 nitrogen and oxygen atoms in total. The van der Waals surface area contributed by atoms with Gasteiger partial charge in [0.1, 0.15) is 0 Å². The fraction of sp³-hybridized carbons (Fsp3) is 0.556. The molecular weight excluding hydrogens is 340 g/mol. The van der Waals surface area contributed by atoms with Crippen LogP contribution in [0, 0.1) is 0 Å². The number of halogens is 1. The minimum absolute atomic E-state index is 0. The molecular formula is C18H27ClN4O2. The molecule has 0 aliphatic carbocycles. The third-order valence-corrected chi connectivity index (χ3v) is 4.77. The Kier molecular flexibility index (Phi) is 7.52. The molecule has 2 saturated heterocycles. The molecule has 0 spiro atoms. The number of anilines is 1. The number of rotatable bonds is 5. The van der Waals surface area contributed by atoms with E-state index < -0.39 is 0 Å². The summed E-state index contributed by atoms with van der Waals surface area (Å²) in [5.41, 5.74) is 1.21. The number of hydrogen-bond donors (Lipinski definition) is 2. The first-order valence-electron chi connectivity index (χ1n) is 8.83. The highest BCUT2D eigenvalue weighted by molar-refractivity contribution is 5.85. The van der Waals surface area contributed by atoms with Crippen LogP contribution in [0.3, 0.4) is 0 Å². The molecule has 2 N–H and O–H groups in total. The van der Waals surface area contributed by atoms with E-state index in [2.05, 4.69) is 27.7 Å². The van der Waals surface area contributed by atoms with Crippen molar-refractivity contribution < 1.29 is 9.59 Å². The molecule has 0 bridgehead atoms. The molecule has 0 unspecified atom stereocenters. The SMILES string of the molecule is Cl.O=C(NCCC(=O)N1CCN(c2ccccc2)CC1)[C@@H]1CCCN1. The fourth-order valence-electron chi connectivity index (χ4n) is 3.34. The monoisotopic (exact) mass is 366 g/mol. The van der Waals surface area contributed by atoms with Gasteiger partial charge in [-0.15, -0.1) is 12.4 Å². The molecule has 2 aliphatic heterocycles. The van der Waals surface area contributed by atoms with Crippen molar-refractivity contribution in [1.29, 1.82) is 0 Å². The number of para-hydroxylation sites is 1. The second-order valence-corrected chi connectivity index (χ2v) is 6.39. The van der Waals surface area contributed by atoms with E-state index in [1.807, 2.05) is 23.1 Å². The second kappa shape index (κ2) is 9.63. The fourth-order valence-corrected chi connectivity index (χ4v) is 3.34. The van der Waals surface area contributed by atoms with E-state index in [0.29, 0.717) is 13.0 Å². The predicted octanol–water partition coefficient (Wildman–Crippen LogP) is 1.02. The van der Waals surface area contributed by atoms with E-state index in [4.69, 9.17) is 0 Å².